The first kappa shape index (κ1) is 11.3. The molecule has 0 aliphatic carbocycles. The number of aryl methyl sites for hydroxylation is 1. The van der Waals surface area contributed by atoms with E-state index in [1.54, 1.807) is 0 Å². The van der Waals surface area contributed by atoms with Gasteiger partial charge in [-0.2, -0.15) is 0 Å². The Balaban J connectivity index is 2.26. The zero-order valence-electron chi connectivity index (χ0n) is 10.5. The maximum Gasteiger partial charge on any atom is 0.0418 e. The highest BCUT2D eigenvalue weighted by molar-refractivity contribution is 5.61. The maximum atomic E-state index is 5.88. The molecule has 88 valence electrons. The number of nitrogens with two attached hydrogens (primary N) is 1. The molecular formula is C14H22N2. The Bertz CT molecular complexity index is 373. The number of nitrogen functional groups attached to an aromatic ring is 1. The smallest absolute Gasteiger partial charge is 0.0418 e. The summed E-state index contributed by atoms with van der Waals surface area (Å²) < 4.78 is 0. The lowest BCUT2D eigenvalue weighted by molar-refractivity contribution is 0.377. The molecule has 2 heteroatoms. The van der Waals surface area contributed by atoms with Gasteiger partial charge in [-0.05, 0) is 50.3 Å². The third-order valence-corrected chi connectivity index (χ3v) is 3.68. The number of nitrogens with zero attached hydrogens (tertiary/aromatic N) is 1. The first-order valence-electron chi connectivity index (χ1n) is 6.20. The van der Waals surface area contributed by atoms with Gasteiger partial charge < -0.3 is 10.6 Å². The highest BCUT2D eigenvalue weighted by Gasteiger charge is 2.23. The minimum Gasteiger partial charge on any atom is -0.399 e. The minimum absolute atomic E-state index is 0.629. The van der Waals surface area contributed by atoms with Crippen molar-refractivity contribution in [1.82, 2.24) is 0 Å². The Labute approximate surface area is 98.4 Å². The second-order valence-corrected chi connectivity index (χ2v) is 5.22. The van der Waals surface area contributed by atoms with Crippen LogP contribution in [0.2, 0.25) is 0 Å². The van der Waals surface area contributed by atoms with E-state index < -0.39 is 0 Å². The number of benzene rings is 1. The van der Waals surface area contributed by atoms with Crippen LogP contribution in [-0.2, 0) is 0 Å². The number of anilines is 2. The van der Waals surface area contributed by atoms with E-state index in [-0.39, 0.29) is 0 Å². The molecule has 1 aromatic carbocycles. The summed E-state index contributed by atoms with van der Waals surface area (Å²) in [4.78, 5) is 2.51. The summed E-state index contributed by atoms with van der Waals surface area (Å²) in [7, 11) is 0. The molecule has 1 aliphatic rings. The number of hydrogen-bond acceptors (Lipinski definition) is 2. The van der Waals surface area contributed by atoms with Crippen molar-refractivity contribution in [2.75, 3.05) is 17.2 Å². The van der Waals surface area contributed by atoms with Crippen LogP contribution in [-0.4, -0.2) is 12.6 Å². The Morgan fingerprint density at radius 3 is 2.75 bits per heavy atom. The van der Waals surface area contributed by atoms with Crippen molar-refractivity contribution in [2.45, 2.75) is 39.7 Å². The standard InChI is InChI=1S/C14H22N2/c1-10-6-7-16(12(3)8-10)14-9-13(15)5-4-11(14)2/h4-5,9-10,12H,6-8,15H2,1-3H3. The summed E-state index contributed by atoms with van der Waals surface area (Å²) in [6, 6.07) is 6.84. The zero-order valence-corrected chi connectivity index (χ0v) is 10.5. The van der Waals surface area contributed by atoms with Gasteiger partial charge in [0.05, 0.1) is 0 Å². The molecule has 2 atom stereocenters. The third kappa shape index (κ3) is 2.16. The van der Waals surface area contributed by atoms with E-state index in [1.807, 2.05) is 6.07 Å². The van der Waals surface area contributed by atoms with Gasteiger partial charge >= 0.3 is 0 Å². The van der Waals surface area contributed by atoms with Gasteiger partial charge in [-0.15, -0.1) is 0 Å². The summed E-state index contributed by atoms with van der Waals surface area (Å²) >= 11 is 0. The molecule has 0 spiro atoms. The van der Waals surface area contributed by atoms with Crippen LogP contribution >= 0.6 is 0 Å². The Morgan fingerprint density at radius 1 is 1.31 bits per heavy atom. The molecule has 1 saturated heterocycles. The summed E-state index contributed by atoms with van der Waals surface area (Å²) in [5, 5.41) is 0. The van der Waals surface area contributed by atoms with Crippen LogP contribution in [0.3, 0.4) is 0 Å². The Hall–Kier alpha value is -1.18. The Kier molecular flexibility index (Phi) is 3.08. The molecule has 16 heavy (non-hydrogen) atoms. The number of piperidine rings is 1. The number of hydrogen-bond donors (Lipinski definition) is 1. The van der Waals surface area contributed by atoms with Crippen LogP contribution in [0, 0.1) is 12.8 Å². The van der Waals surface area contributed by atoms with E-state index in [1.165, 1.54) is 24.1 Å². The highest BCUT2D eigenvalue weighted by atomic mass is 15.2. The molecule has 0 amide bonds. The van der Waals surface area contributed by atoms with Crippen LogP contribution < -0.4 is 10.6 Å². The van der Waals surface area contributed by atoms with Gasteiger partial charge in [0.2, 0.25) is 0 Å². The van der Waals surface area contributed by atoms with E-state index >= 15 is 0 Å². The van der Waals surface area contributed by atoms with Crippen molar-refractivity contribution in [3.8, 4) is 0 Å². The normalized spacial score (nSPS) is 25.8. The summed E-state index contributed by atoms with van der Waals surface area (Å²) in [6.07, 6.45) is 2.58. The monoisotopic (exact) mass is 218 g/mol. The molecule has 0 radical (unpaired) electrons. The second kappa shape index (κ2) is 4.36. The fraction of sp³-hybridized carbons (Fsp3) is 0.571. The van der Waals surface area contributed by atoms with Gasteiger partial charge in [0, 0.05) is 24.0 Å². The molecule has 0 aromatic heterocycles. The maximum absolute atomic E-state index is 5.88. The SMILES string of the molecule is Cc1ccc(N)cc1N1CCC(C)CC1C. The fourth-order valence-electron chi connectivity index (χ4n) is 2.70. The topological polar surface area (TPSA) is 29.3 Å². The fourth-order valence-corrected chi connectivity index (χ4v) is 2.70. The van der Waals surface area contributed by atoms with Crippen molar-refractivity contribution < 1.29 is 0 Å². The van der Waals surface area contributed by atoms with Crippen LogP contribution in [0.15, 0.2) is 18.2 Å². The van der Waals surface area contributed by atoms with Crippen molar-refractivity contribution in [3.63, 3.8) is 0 Å². The largest absolute Gasteiger partial charge is 0.399 e. The summed E-state index contributed by atoms with van der Waals surface area (Å²) in [5.41, 5.74) is 9.40. The van der Waals surface area contributed by atoms with Gasteiger partial charge in [-0.3, -0.25) is 0 Å². The zero-order chi connectivity index (χ0) is 11.7. The molecule has 1 aromatic rings. The van der Waals surface area contributed by atoms with Crippen molar-refractivity contribution >= 4 is 11.4 Å². The summed E-state index contributed by atoms with van der Waals surface area (Å²) in [5.74, 6) is 0.854. The lowest BCUT2D eigenvalue weighted by atomic mass is 9.92. The molecule has 2 N–H and O–H groups in total. The average molecular weight is 218 g/mol. The third-order valence-electron chi connectivity index (χ3n) is 3.68. The van der Waals surface area contributed by atoms with Crippen molar-refractivity contribution in [1.29, 1.82) is 0 Å². The molecule has 1 fully saturated rings. The Morgan fingerprint density at radius 2 is 2.06 bits per heavy atom. The number of rotatable bonds is 1. The highest BCUT2D eigenvalue weighted by Crippen LogP contribution is 2.31. The minimum atomic E-state index is 0.629. The van der Waals surface area contributed by atoms with Gasteiger partial charge in [0.1, 0.15) is 0 Å². The molecule has 0 bridgehead atoms. The predicted octanol–water partition coefficient (Wildman–Crippen LogP) is 3.20. The molecule has 0 saturated carbocycles. The molecule has 2 rings (SSSR count). The first-order valence-corrected chi connectivity index (χ1v) is 6.20. The lowest BCUT2D eigenvalue weighted by Crippen LogP contribution is -2.40. The van der Waals surface area contributed by atoms with Crippen molar-refractivity contribution in [3.05, 3.63) is 23.8 Å². The molecular weight excluding hydrogens is 196 g/mol. The van der Waals surface area contributed by atoms with Crippen LogP contribution in [0.25, 0.3) is 0 Å². The van der Waals surface area contributed by atoms with Gasteiger partial charge in [-0.25, -0.2) is 0 Å². The summed E-state index contributed by atoms with van der Waals surface area (Å²) in [6.45, 7) is 7.99. The van der Waals surface area contributed by atoms with Gasteiger partial charge in [-0.1, -0.05) is 13.0 Å². The van der Waals surface area contributed by atoms with Crippen LogP contribution in [0.5, 0.6) is 0 Å². The van der Waals surface area contributed by atoms with Crippen LogP contribution in [0.4, 0.5) is 11.4 Å². The quantitative estimate of drug-likeness (QED) is 0.733. The molecule has 2 nitrogen and oxygen atoms in total. The predicted molar refractivity (Wildman–Crippen MR) is 70.8 cm³/mol. The van der Waals surface area contributed by atoms with Crippen molar-refractivity contribution in [2.24, 2.45) is 5.92 Å². The first-order chi connectivity index (χ1) is 7.58. The molecule has 1 aliphatic heterocycles. The lowest BCUT2D eigenvalue weighted by Gasteiger charge is -2.39. The molecule has 2 unspecified atom stereocenters. The van der Waals surface area contributed by atoms with Gasteiger partial charge in [0.25, 0.3) is 0 Å². The van der Waals surface area contributed by atoms with E-state index in [0.29, 0.717) is 6.04 Å². The molecule has 1 heterocycles. The second-order valence-electron chi connectivity index (χ2n) is 5.22. The van der Waals surface area contributed by atoms with E-state index in [9.17, 15) is 0 Å². The van der Waals surface area contributed by atoms with E-state index in [4.69, 9.17) is 5.73 Å². The van der Waals surface area contributed by atoms with Crippen LogP contribution in [0.1, 0.15) is 32.3 Å². The van der Waals surface area contributed by atoms with Gasteiger partial charge in [0.15, 0.2) is 0 Å². The average Bonchev–Trinajstić information content (AvgIpc) is 2.22. The van der Waals surface area contributed by atoms with E-state index in [2.05, 4.69) is 37.8 Å². The van der Waals surface area contributed by atoms with E-state index in [0.717, 1.165) is 18.2 Å².